The van der Waals surface area contributed by atoms with Crippen LogP contribution < -0.4 is 0 Å². The van der Waals surface area contributed by atoms with Gasteiger partial charge >= 0.3 is 5.97 Å². The van der Waals surface area contributed by atoms with Crippen LogP contribution in [0.3, 0.4) is 0 Å². The van der Waals surface area contributed by atoms with E-state index >= 15 is 0 Å². The van der Waals surface area contributed by atoms with Crippen LogP contribution in [-0.4, -0.2) is 12.6 Å². The van der Waals surface area contributed by atoms with Crippen LogP contribution in [0.15, 0.2) is 72.9 Å². The highest BCUT2D eigenvalue weighted by Gasteiger charge is 2.28. The maximum atomic E-state index is 12.0. The highest BCUT2D eigenvalue weighted by Crippen LogP contribution is 2.39. The van der Waals surface area contributed by atoms with Gasteiger partial charge in [-0.15, -0.1) is 0 Å². The molecular formula is C24H32O2. The smallest absolute Gasteiger partial charge is 0.309 e. The summed E-state index contributed by atoms with van der Waals surface area (Å²) in [7, 11) is 0. The highest BCUT2D eigenvalue weighted by atomic mass is 16.5. The minimum atomic E-state index is -0.215. The predicted molar refractivity (Wildman–Crippen MR) is 110 cm³/mol. The maximum absolute atomic E-state index is 12.0. The van der Waals surface area contributed by atoms with Crippen molar-refractivity contribution in [2.45, 2.75) is 46.5 Å². The fourth-order valence-corrected chi connectivity index (χ4v) is 3.31. The second-order valence-electron chi connectivity index (χ2n) is 7.01. The molecule has 1 spiro atoms. The Morgan fingerprint density at radius 1 is 1.00 bits per heavy atom. The zero-order valence-corrected chi connectivity index (χ0v) is 16.4. The Hall–Kier alpha value is -2.09. The lowest BCUT2D eigenvalue weighted by atomic mass is 9.73. The van der Waals surface area contributed by atoms with Gasteiger partial charge in [-0.05, 0) is 32.6 Å². The van der Waals surface area contributed by atoms with Gasteiger partial charge in [-0.25, -0.2) is 0 Å². The number of ether oxygens (including phenoxy) is 1. The molecule has 140 valence electrons. The van der Waals surface area contributed by atoms with Crippen LogP contribution in [0.2, 0.25) is 0 Å². The zero-order valence-electron chi connectivity index (χ0n) is 16.4. The third-order valence-electron chi connectivity index (χ3n) is 4.99. The van der Waals surface area contributed by atoms with E-state index in [4.69, 9.17) is 4.74 Å². The first-order valence-electron chi connectivity index (χ1n) is 9.87. The molecule has 0 fully saturated rings. The molecule has 2 nitrogen and oxygen atoms in total. The highest BCUT2D eigenvalue weighted by molar-refractivity contribution is 5.72. The Bertz CT molecular complexity index is 615. The molecule has 0 saturated heterocycles. The molecule has 0 saturated carbocycles. The molecule has 2 rings (SSSR count). The van der Waals surface area contributed by atoms with Gasteiger partial charge in [-0.3, -0.25) is 4.79 Å². The van der Waals surface area contributed by atoms with Gasteiger partial charge in [0.2, 0.25) is 0 Å². The summed E-state index contributed by atoms with van der Waals surface area (Å²) in [6.07, 6.45) is 30.3. The van der Waals surface area contributed by atoms with E-state index in [1.165, 1.54) is 0 Å². The average Bonchev–Trinajstić information content (AvgIpc) is 2.67. The molecule has 2 aliphatic rings. The Balaban J connectivity index is 2.14. The molecule has 0 amide bonds. The van der Waals surface area contributed by atoms with E-state index in [0.29, 0.717) is 13.0 Å². The van der Waals surface area contributed by atoms with Crippen molar-refractivity contribution in [3.05, 3.63) is 72.9 Å². The first-order chi connectivity index (χ1) is 12.6. The normalized spacial score (nSPS) is 21.0. The molecule has 0 N–H and O–H groups in total. The zero-order chi connectivity index (χ0) is 18.9. The summed E-state index contributed by atoms with van der Waals surface area (Å²) in [5, 5.41) is 0. The molecule has 1 atom stereocenters. The summed E-state index contributed by atoms with van der Waals surface area (Å²) >= 11 is 0. The van der Waals surface area contributed by atoms with Crippen molar-refractivity contribution in [2.75, 3.05) is 6.61 Å². The van der Waals surface area contributed by atoms with Crippen LogP contribution in [0, 0.1) is 16.7 Å². The Morgan fingerprint density at radius 2 is 1.65 bits per heavy atom. The summed E-state index contributed by atoms with van der Waals surface area (Å²) in [6, 6.07) is 0. The molecule has 0 aromatic rings. The molecule has 0 bridgehead atoms. The van der Waals surface area contributed by atoms with Crippen molar-refractivity contribution >= 4 is 5.97 Å². The van der Waals surface area contributed by atoms with Crippen molar-refractivity contribution in [3.8, 4) is 0 Å². The van der Waals surface area contributed by atoms with Gasteiger partial charge in [0.15, 0.2) is 0 Å². The second kappa shape index (κ2) is 9.56. The van der Waals surface area contributed by atoms with Gasteiger partial charge in [0, 0.05) is 10.8 Å². The molecular weight excluding hydrogens is 320 g/mol. The number of esters is 1. The lowest BCUT2D eigenvalue weighted by molar-refractivity contribution is -0.148. The molecule has 0 aromatic carbocycles. The van der Waals surface area contributed by atoms with Gasteiger partial charge in [0.05, 0.1) is 12.5 Å². The molecule has 0 aromatic heterocycles. The summed E-state index contributed by atoms with van der Waals surface area (Å²) in [5.74, 6) is -0.158. The SMILES string of the molecule is CC/C=C\C1(/C=C\CC(CC)C(=O)OCC)C=CC2(C=CCC=C2)C=C1. The number of hydrogen-bond donors (Lipinski definition) is 0. The van der Waals surface area contributed by atoms with E-state index in [1.54, 1.807) is 0 Å². The minimum absolute atomic E-state index is 0.0643. The van der Waals surface area contributed by atoms with E-state index in [2.05, 4.69) is 79.8 Å². The van der Waals surface area contributed by atoms with Gasteiger partial charge in [-0.2, -0.15) is 0 Å². The quantitative estimate of drug-likeness (QED) is 0.389. The van der Waals surface area contributed by atoms with E-state index in [-0.39, 0.29) is 22.7 Å². The minimum Gasteiger partial charge on any atom is -0.466 e. The average molecular weight is 353 g/mol. The third kappa shape index (κ3) is 5.20. The van der Waals surface area contributed by atoms with Gasteiger partial charge < -0.3 is 4.74 Å². The number of carbonyl (C=O) groups is 1. The topological polar surface area (TPSA) is 26.3 Å². The monoisotopic (exact) mass is 352 g/mol. The molecule has 0 radical (unpaired) electrons. The fourth-order valence-electron chi connectivity index (χ4n) is 3.31. The van der Waals surface area contributed by atoms with Crippen LogP contribution in [0.1, 0.15) is 46.5 Å². The number of allylic oxidation sites excluding steroid dienone is 12. The molecule has 2 heteroatoms. The van der Waals surface area contributed by atoms with Crippen LogP contribution in [0.25, 0.3) is 0 Å². The van der Waals surface area contributed by atoms with E-state index in [0.717, 1.165) is 19.3 Å². The number of hydrogen-bond acceptors (Lipinski definition) is 2. The van der Waals surface area contributed by atoms with Crippen molar-refractivity contribution in [1.29, 1.82) is 0 Å². The van der Waals surface area contributed by atoms with Gasteiger partial charge in [0.1, 0.15) is 0 Å². The maximum Gasteiger partial charge on any atom is 0.309 e. The van der Waals surface area contributed by atoms with E-state index in [9.17, 15) is 4.79 Å². The van der Waals surface area contributed by atoms with Crippen molar-refractivity contribution in [3.63, 3.8) is 0 Å². The first-order valence-corrected chi connectivity index (χ1v) is 9.87. The van der Waals surface area contributed by atoms with Crippen LogP contribution in [0.4, 0.5) is 0 Å². The Labute approximate surface area is 158 Å². The molecule has 0 aliphatic heterocycles. The summed E-state index contributed by atoms with van der Waals surface area (Å²) < 4.78 is 5.17. The third-order valence-corrected chi connectivity index (χ3v) is 4.99. The number of rotatable bonds is 8. The summed E-state index contributed by atoms with van der Waals surface area (Å²) in [5.41, 5.74) is -0.292. The molecule has 26 heavy (non-hydrogen) atoms. The van der Waals surface area contributed by atoms with Gasteiger partial charge in [0.25, 0.3) is 0 Å². The molecule has 1 unspecified atom stereocenters. The lowest BCUT2D eigenvalue weighted by Crippen LogP contribution is -2.20. The summed E-state index contributed by atoms with van der Waals surface area (Å²) in [4.78, 5) is 12.0. The Morgan fingerprint density at radius 3 is 2.23 bits per heavy atom. The standard InChI is InChI=1S/C24H32O2/c1-4-7-13-23(16-11-12-21(5-2)22(25)26-6-3)17-19-24(20-18-23)14-9-8-10-15-24/h7,9-11,13-21H,4-6,8,12H2,1-3H3/b13-7-,16-11-. The predicted octanol–water partition coefficient (Wildman–Crippen LogP) is 6.10. The van der Waals surface area contributed by atoms with Gasteiger partial charge in [-0.1, -0.05) is 86.8 Å². The van der Waals surface area contributed by atoms with Crippen molar-refractivity contribution < 1.29 is 9.53 Å². The second-order valence-corrected chi connectivity index (χ2v) is 7.01. The Kier molecular flexibility index (Phi) is 7.44. The summed E-state index contributed by atoms with van der Waals surface area (Å²) in [6.45, 7) is 6.48. The molecule has 0 heterocycles. The van der Waals surface area contributed by atoms with Crippen LogP contribution >= 0.6 is 0 Å². The fraction of sp³-hybridized carbons (Fsp3) is 0.458. The van der Waals surface area contributed by atoms with E-state index < -0.39 is 0 Å². The van der Waals surface area contributed by atoms with Crippen LogP contribution in [-0.2, 0) is 9.53 Å². The largest absolute Gasteiger partial charge is 0.466 e. The van der Waals surface area contributed by atoms with Crippen molar-refractivity contribution in [2.24, 2.45) is 16.7 Å². The van der Waals surface area contributed by atoms with Crippen molar-refractivity contribution in [1.82, 2.24) is 0 Å². The van der Waals surface area contributed by atoms with E-state index in [1.807, 2.05) is 13.8 Å². The number of carbonyl (C=O) groups excluding carboxylic acids is 1. The molecule has 2 aliphatic carbocycles. The van der Waals surface area contributed by atoms with Crippen LogP contribution in [0.5, 0.6) is 0 Å². The lowest BCUT2D eigenvalue weighted by Gasteiger charge is -2.31. The first kappa shape index (κ1) is 20.2.